The van der Waals surface area contributed by atoms with Crippen LogP contribution in [0.4, 0.5) is 0 Å². The molecular formula is C13H26N2O. The Labute approximate surface area is 99.4 Å². The summed E-state index contributed by atoms with van der Waals surface area (Å²) in [6, 6.07) is 0.702. The molecule has 0 spiro atoms. The van der Waals surface area contributed by atoms with E-state index in [4.69, 9.17) is 0 Å². The Balaban J connectivity index is 2.32. The van der Waals surface area contributed by atoms with E-state index in [2.05, 4.69) is 38.3 Å². The topological polar surface area (TPSA) is 41.1 Å². The maximum absolute atomic E-state index is 11.8. The summed E-state index contributed by atoms with van der Waals surface area (Å²) in [5, 5.41) is 6.58. The van der Waals surface area contributed by atoms with Crippen LogP contribution in [0.2, 0.25) is 0 Å². The van der Waals surface area contributed by atoms with Gasteiger partial charge in [0.2, 0.25) is 5.91 Å². The maximum atomic E-state index is 11.8. The fourth-order valence-corrected chi connectivity index (χ4v) is 2.19. The molecule has 1 rings (SSSR count). The molecule has 1 aliphatic rings. The normalized spacial score (nSPS) is 23.9. The van der Waals surface area contributed by atoms with Crippen molar-refractivity contribution in [1.82, 2.24) is 10.6 Å². The molecule has 2 N–H and O–H groups in total. The first-order chi connectivity index (χ1) is 7.38. The largest absolute Gasteiger partial charge is 0.352 e. The van der Waals surface area contributed by atoms with Crippen molar-refractivity contribution in [3.05, 3.63) is 0 Å². The molecule has 1 saturated heterocycles. The summed E-state index contributed by atoms with van der Waals surface area (Å²) in [6.45, 7) is 9.47. The summed E-state index contributed by atoms with van der Waals surface area (Å²) >= 11 is 0. The van der Waals surface area contributed by atoms with E-state index in [-0.39, 0.29) is 17.4 Å². The van der Waals surface area contributed by atoms with Crippen LogP contribution in [0.3, 0.4) is 0 Å². The number of amides is 1. The Morgan fingerprint density at radius 1 is 1.44 bits per heavy atom. The van der Waals surface area contributed by atoms with Crippen LogP contribution in [0.25, 0.3) is 0 Å². The maximum Gasteiger partial charge on any atom is 0.220 e. The van der Waals surface area contributed by atoms with Gasteiger partial charge in [-0.15, -0.1) is 0 Å². The highest BCUT2D eigenvalue weighted by Gasteiger charge is 2.22. The Morgan fingerprint density at radius 2 is 2.12 bits per heavy atom. The quantitative estimate of drug-likeness (QED) is 0.773. The minimum absolute atomic E-state index is 0.0732. The van der Waals surface area contributed by atoms with Crippen molar-refractivity contribution in [1.29, 1.82) is 0 Å². The molecule has 2 atom stereocenters. The third-order valence-electron chi connectivity index (χ3n) is 3.03. The molecule has 94 valence electrons. The van der Waals surface area contributed by atoms with Crippen LogP contribution in [0.5, 0.6) is 0 Å². The molecule has 1 fully saturated rings. The molecule has 3 nitrogen and oxygen atoms in total. The standard InChI is InChI=1S/C13H26N2O/c1-10(11-7-5-6-8-14-11)15-12(16)9-13(2,3)4/h10-11,14H,5-9H2,1-4H3,(H,15,16). The molecule has 0 aromatic carbocycles. The molecule has 0 saturated carbocycles. The van der Waals surface area contributed by atoms with Gasteiger partial charge in [0.05, 0.1) is 0 Å². The smallest absolute Gasteiger partial charge is 0.220 e. The molecule has 0 radical (unpaired) electrons. The fraction of sp³-hybridized carbons (Fsp3) is 0.923. The van der Waals surface area contributed by atoms with E-state index >= 15 is 0 Å². The van der Waals surface area contributed by atoms with Gasteiger partial charge in [-0.1, -0.05) is 27.2 Å². The molecule has 3 heteroatoms. The lowest BCUT2D eigenvalue weighted by atomic mass is 9.91. The Kier molecular flexibility index (Phi) is 4.78. The Bertz CT molecular complexity index is 227. The van der Waals surface area contributed by atoms with Gasteiger partial charge in [0.15, 0.2) is 0 Å². The molecule has 1 amide bonds. The van der Waals surface area contributed by atoms with Crippen molar-refractivity contribution in [3.63, 3.8) is 0 Å². The third-order valence-corrected chi connectivity index (χ3v) is 3.03. The zero-order valence-electron chi connectivity index (χ0n) is 11.1. The first kappa shape index (κ1) is 13.5. The summed E-state index contributed by atoms with van der Waals surface area (Å²) in [4.78, 5) is 11.8. The van der Waals surface area contributed by atoms with Gasteiger partial charge in [0.1, 0.15) is 0 Å². The predicted molar refractivity (Wildman–Crippen MR) is 67.3 cm³/mol. The van der Waals surface area contributed by atoms with Crippen molar-refractivity contribution in [3.8, 4) is 0 Å². The van der Waals surface area contributed by atoms with Crippen LogP contribution in [0.1, 0.15) is 53.4 Å². The molecule has 0 bridgehead atoms. The van der Waals surface area contributed by atoms with Crippen LogP contribution < -0.4 is 10.6 Å². The number of nitrogens with one attached hydrogen (secondary N) is 2. The van der Waals surface area contributed by atoms with Crippen molar-refractivity contribution < 1.29 is 4.79 Å². The lowest BCUT2D eigenvalue weighted by molar-refractivity contribution is -0.123. The summed E-state index contributed by atoms with van der Waals surface area (Å²) in [7, 11) is 0. The first-order valence-electron chi connectivity index (χ1n) is 6.41. The average molecular weight is 226 g/mol. The molecule has 0 aliphatic carbocycles. The number of hydrogen-bond acceptors (Lipinski definition) is 2. The highest BCUT2D eigenvalue weighted by molar-refractivity contribution is 5.76. The fourth-order valence-electron chi connectivity index (χ4n) is 2.19. The van der Waals surface area contributed by atoms with E-state index in [1.54, 1.807) is 0 Å². The molecule has 1 aliphatic heterocycles. The molecule has 0 aromatic heterocycles. The van der Waals surface area contributed by atoms with E-state index in [0.717, 1.165) is 6.54 Å². The summed E-state index contributed by atoms with van der Waals surface area (Å²) in [6.07, 6.45) is 4.32. The lowest BCUT2D eigenvalue weighted by Gasteiger charge is -2.30. The van der Waals surface area contributed by atoms with E-state index in [1.807, 2.05) is 0 Å². The second-order valence-electron chi connectivity index (χ2n) is 6.15. The summed E-state index contributed by atoms with van der Waals surface area (Å²) in [5.41, 5.74) is 0.0732. The number of hydrogen-bond donors (Lipinski definition) is 2. The second kappa shape index (κ2) is 5.67. The van der Waals surface area contributed by atoms with Crippen LogP contribution in [-0.2, 0) is 4.79 Å². The van der Waals surface area contributed by atoms with Crippen molar-refractivity contribution in [2.45, 2.75) is 65.5 Å². The van der Waals surface area contributed by atoms with Crippen LogP contribution in [-0.4, -0.2) is 24.5 Å². The molecule has 1 heterocycles. The van der Waals surface area contributed by atoms with Crippen LogP contribution in [0, 0.1) is 5.41 Å². The zero-order valence-corrected chi connectivity index (χ0v) is 11.1. The van der Waals surface area contributed by atoms with Crippen LogP contribution in [0.15, 0.2) is 0 Å². The van der Waals surface area contributed by atoms with E-state index in [1.165, 1.54) is 19.3 Å². The van der Waals surface area contributed by atoms with Gasteiger partial charge in [-0.3, -0.25) is 4.79 Å². The zero-order chi connectivity index (χ0) is 12.2. The SMILES string of the molecule is CC(NC(=O)CC(C)(C)C)C1CCCCN1. The lowest BCUT2D eigenvalue weighted by Crippen LogP contribution is -2.50. The third kappa shape index (κ3) is 4.97. The molecule has 2 unspecified atom stereocenters. The summed E-state index contributed by atoms with van der Waals surface area (Å²) in [5.74, 6) is 0.173. The molecular weight excluding hydrogens is 200 g/mol. The monoisotopic (exact) mass is 226 g/mol. The molecule has 16 heavy (non-hydrogen) atoms. The minimum Gasteiger partial charge on any atom is -0.352 e. The Morgan fingerprint density at radius 3 is 2.62 bits per heavy atom. The number of piperidine rings is 1. The highest BCUT2D eigenvalue weighted by atomic mass is 16.1. The van der Waals surface area contributed by atoms with Gasteiger partial charge in [0, 0.05) is 18.5 Å². The van der Waals surface area contributed by atoms with E-state index in [0.29, 0.717) is 12.5 Å². The molecule has 0 aromatic rings. The van der Waals surface area contributed by atoms with Crippen LogP contribution >= 0.6 is 0 Å². The minimum atomic E-state index is 0.0732. The summed E-state index contributed by atoms with van der Waals surface area (Å²) < 4.78 is 0. The average Bonchev–Trinajstić information content (AvgIpc) is 2.16. The van der Waals surface area contributed by atoms with E-state index < -0.39 is 0 Å². The van der Waals surface area contributed by atoms with Gasteiger partial charge >= 0.3 is 0 Å². The van der Waals surface area contributed by atoms with Gasteiger partial charge in [0.25, 0.3) is 0 Å². The second-order valence-corrected chi connectivity index (χ2v) is 6.15. The number of carbonyl (C=O) groups excluding carboxylic acids is 1. The Hall–Kier alpha value is -0.570. The van der Waals surface area contributed by atoms with Gasteiger partial charge < -0.3 is 10.6 Å². The van der Waals surface area contributed by atoms with E-state index in [9.17, 15) is 4.79 Å². The highest BCUT2D eigenvalue weighted by Crippen LogP contribution is 2.18. The van der Waals surface area contributed by atoms with Crippen molar-refractivity contribution >= 4 is 5.91 Å². The van der Waals surface area contributed by atoms with Gasteiger partial charge in [-0.2, -0.15) is 0 Å². The number of carbonyl (C=O) groups is 1. The van der Waals surface area contributed by atoms with Gasteiger partial charge in [-0.05, 0) is 31.7 Å². The first-order valence-corrected chi connectivity index (χ1v) is 6.41. The van der Waals surface area contributed by atoms with Crippen molar-refractivity contribution in [2.75, 3.05) is 6.54 Å². The number of rotatable bonds is 3. The van der Waals surface area contributed by atoms with Crippen molar-refractivity contribution in [2.24, 2.45) is 5.41 Å². The van der Waals surface area contributed by atoms with Gasteiger partial charge in [-0.25, -0.2) is 0 Å². The predicted octanol–water partition coefficient (Wildman–Crippen LogP) is 2.07.